The van der Waals surface area contributed by atoms with Crippen molar-refractivity contribution in [2.75, 3.05) is 13.7 Å². The van der Waals surface area contributed by atoms with Gasteiger partial charge in [-0.3, -0.25) is 9.59 Å². The highest BCUT2D eigenvalue weighted by Gasteiger charge is 2.14. The Kier molecular flexibility index (Phi) is 7.92. The second-order valence-corrected chi connectivity index (χ2v) is 7.67. The second-order valence-electron chi connectivity index (χ2n) is 6.21. The largest absolute Gasteiger partial charge is 0.493 e. The molecule has 0 bridgehead atoms. The van der Waals surface area contributed by atoms with E-state index in [1.807, 2.05) is 19.9 Å². The predicted molar refractivity (Wildman–Crippen MR) is 104 cm³/mol. The number of aryl methyl sites for hydroxylation is 2. The second kappa shape index (κ2) is 10.2. The molecule has 152 valence electrons. The fourth-order valence-electron chi connectivity index (χ4n) is 2.76. The van der Waals surface area contributed by atoms with Crippen LogP contribution in [0.1, 0.15) is 38.5 Å². The molecule has 0 radical (unpaired) electrons. The number of alkyl halides is 2. The van der Waals surface area contributed by atoms with Crippen LogP contribution >= 0.6 is 11.3 Å². The van der Waals surface area contributed by atoms with E-state index < -0.39 is 6.61 Å². The van der Waals surface area contributed by atoms with Gasteiger partial charge in [-0.2, -0.15) is 8.78 Å². The summed E-state index contributed by atoms with van der Waals surface area (Å²) in [5.74, 6) is -0.0714. The molecule has 1 N–H and O–H groups in total. The van der Waals surface area contributed by atoms with Gasteiger partial charge in [0.2, 0.25) is 5.91 Å². The number of hydrogen-bond acceptors (Lipinski definition) is 5. The number of amides is 1. The third-order valence-electron chi connectivity index (χ3n) is 4.10. The number of methoxy groups -OCH3 is 1. The Labute approximate surface area is 166 Å². The summed E-state index contributed by atoms with van der Waals surface area (Å²) >= 11 is 1.57. The van der Waals surface area contributed by atoms with Crippen LogP contribution in [0.3, 0.4) is 0 Å². The van der Waals surface area contributed by atoms with Gasteiger partial charge in [-0.25, -0.2) is 0 Å². The van der Waals surface area contributed by atoms with Crippen LogP contribution in [-0.2, 0) is 11.2 Å². The molecule has 8 heteroatoms. The summed E-state index contributed by atoms with van der Waals surface area (Å²) in [6, 6.07) is 6.49. The third-order valence-corrected chi connectivity index (χ3v) is 5.07. The summed E-state index contributed by atoms with van der Waals surface area (Å²) in [5.41, 5.74) is 1.49. The normalized spacial score (nSPS) is 10.8. The molecule has 1 amide bonds. The summed E-state index contributed by atoms with van der Waals surface area (Å²) < 4.78 is 34.1. The molecule has 0 spiro atoms. The van der Waals surface area contributed by atoms with Crippen LogP contribution in [0.2, 0.25) is 0 Å². The van der Waals surface area contributed by atoms with Crippen molar-refractivity contribution in [1.82, 2.24) is 5.32 Å². The smallest absolute Gasteiger partial charge is 0.387 e. The van der Waals surface area contributed by atoms with Gasteiger partial charge in [0, 0.05) is 34.7 Å². The summed E-state index contributed by atoms with van der Waals surface area (Å²) in [6.07, 6.45) is 0.780. The Balaban J connectivity index is 1.79. The van der Waals surface area contributed by atoms with Gasteiger partial charge in [-0.1, -0.05) is 6.07 Å². The van der Waals surface area contributed by atoms with Crippen molar-refractivity contribution >= 4 is 23.0 Å². The van der Waals surface area contributed by atoms with E-state index in [-0.39, 0.29) is 36.0 Å². The van der Waals surface area contributed by atoms with Gasteiger partial charge in [0.25, 0.3) is 0 Å². The number of ketones is 1. The van der Waals surface area contributed by atoms with E-state index in [2.05, 4.69) is 10.1 Å². The van der Waals surface area contributed by atoms with Gasteiger partial charge in [0.15, 0.2) is 17.3 Å². The lowest BCUT2D eigenvalue weighted by Crippen LogP contribution is -2.26. The lowest BCUT2D eigenvalue weighted by atomic mass is 10.1. The number of thiophene rings is 1. The number of carbonyl (C=O) groups is 2. The van der Waals surface area contributed by atoms with Crippen LogP contribution in [-0.4, -0.2) is 32.0 Å². The molecular formula is C20H23F2NO4S. The van der Waals surface area contributed by atoms with Gasteiger partial charge in [-0.15, -0.1) is 11.3 Å². The lowest BCUT2D eigenvalue weighted by molar-refractivity contribution is -0.121. The number of rotatable bonds is 10. The van der Waals surface area contributed by atoms with Crippen molar-refractivity contribution in [3.05, 3.63) is 45.1 Å². The molecule has 1 heterocycles. The highest BCUT2D eigenvalue weighted by molar-refractivity contribution is 7.12. The summed E-state index contributed by atoms with van der Waals surface area (Å²) in [6.45, 7) is 1.28. The van der Waals surface area contributed by atoms with E-state index in [4.69, 9.17) is 4.74 Å². The molecule has 0 saturated heterocycles. The van der Waals surface area contributed by atoms with E-state index in [1.54, 1.807) is 23.5 Å². The SMILES string of the molecule is COc1cc(CCNC(=O)CCC(=O)c2cc(C)sc2C)ccc1OC(F)F. The Hall–Kier alpha value is -2.48. The van der Waals surface area contributed by atoms with Crippen LogP contribution in [0.25, 0.3) is 0 Å². The zero-order chi connectivity index (χ0) is 20.7. The van der Waals surface area contributed by atoms with Crippen molar-refractivity contribution in [1.29, 1.82) is 0 Å². The molecule has 1 aromatic heterocycles. The van der Waals surface area contributed by atoms with E-state index >= 15 is 0 Å². The van der Waals surface area contributed by atoms with Crippen molar-refractivity contribution < 1.29 is 27.8 Å². The first-order valence-corrected chi connectivity index (χ1v) is 9.60. The van der Waals surface area contributed by atoms with Crippen LogP contribution in [0.5, 0.6) is 11.5 Å². The molecule has 1 aromatic carbocycles. The molecule has 0 unspecified atom stereocenters. The minimum absolute atomic E-state index is 0.0312. The average molecular weight is 411 g/mol. The number of halogens is 2. The topological polar surface area (TPSA) is 64.6 Å². The maximum atomic E-state index is 12.3. The van der Waals surface area contributed by atoms with E-state index in [9.17, 15) is 18.4 Å². The first-order valence-electron chi connectivity index (χ1n) is 8.78. The lowest BCUT2D eigenvalue weighted by Gasteiger charge is -2.11. The van der Waals surface area contributed by atoms with Gasteiger partial charge < -0.3 is 14.8 Å². The molecule has 0 fully saturated rings. The number of Topliss-reactive ketones (excluding diaryl/α,β-unsaturated/α-hetero) is 1. The van der Waals surface area contributed by atoms with Crippen molar-refractivity contribution in [3.8, 4) is 11.5 Å². The first-order chi connectivity index (χ1) is 13.3. The van der Waals surface area contributed by atoms with Crippen LogP contribution < -0.4 is 14.8 Å². The molecular weight excluding hydrogens is 388 g/mol. The maximum Gasteiger partial charge on any atom is 0.387 e. The first kappa shape index (κ1) is 21.8. The summed E-state index contributed by atoms with van der Waals surface area (Å²) in [5, 5.41) is 2.76. The average Bonchev–Trinajstić information content (AvgIpc) is 2.98. The Morgan fingerprint density at radius 3 is 2.50 bits per heavy atom. The molecule has 28 heavy (non-hydrogen) atoms. The fraction of sp³-hybridized carbons (Fsp3) is 0.400. The number of nitrogens with one attached hydrogen (secondary N) is 1. The molecule has 2 rings (SSSR count). The van der Waals surface area contributed by atoms with Gasteiger partial charge >= 0.3 is 6.61 Å². The molecule has 0 saturated carbocycles. The zero-order valence-electron chi connectivity index (χ0n) is 16.0. The molecule has 0 aliphatic carbocycles. The van der Waals surface area contributed by atoms with Crippen molar-refractivity contribution in [2.24, 2.45) is 0 Å². The third kappa shape index (κ3) is 6.30. The van der Waals surface area contributed by atoms with Crippen molar-refractivity contribution in [2.45, 2.75) is 39.7 Å². The highest BCUT2D eigenvalue weighted by atomic mass is 32.1. The number of ether oxygens (including phenoxy) is 2. The standard InChI is InChI=1S/C20H23F2NO4S/c1-12-10-15(13(2)28-12)16(24)5-7-19(25)23-9-8-14-4-6-17(27-20(21)22)18(11-14)26-3/h4,6,10-11,20H,5,7-9H2,1-3H3,(H,23,25). The molecule has 0 atom stereocenters. The van der Waals surface area contributed by atoms with Gasteiger partial charge in [0.1, 0.15) is 0 Å². The molecule has 0 aliphatic heterocycles. The molecule has 0 aliphatic rings. The van der Waals surface area contributed by atoms with Crippen LogP contribution in [0.4, 0.5) is 8.78 Å². The van der Waals surface area contributed by atoms with Gasteiger partial charge in [-0.05, 0) is 44.0 Å². The minimum Gasteiger partial charge on any atom is -0.493 e. The van der Waals surface area contributed by atoms with Crippen molar-refractivity contribution in [3.63, 3.8) is 0 Å². The quantitative estimate of drug-likeness (QED) is 0.592. The Morgan fingerprint density at radius 2 is 1.89 bits per heavy atom. The fourth-order valence-corrected chi connectivity index (χ4v) is 3.71. The van der Waals surface area contributed by atoms with E-state index in [1.165, 1.54) is 13.2 Å². The minimum atomic E-state index is -2.93. The zero-order valence-corrected chi connectivity index (χ0v) is 16.8. The number of hydrogen-bond donors (Lipinski definition) is 1. The summed E-state index contributed by atoms with van der Waals surface area (Å²) in [4.78, 5) is 26.2. The molecule has 5 nitrogen and oxygen atoms in total. The van der Waals surface area contributed by atoms with E-state index in [0.717, 1.165) is 15.3 Å². The Bertz CT molecular complexity index is 836. The molecule has 2 aromatic rings. The van der Waals surface area contributed by atoms with Crippen LogP contribution in [0, 0.1) is 13.8 Å². The van der Waals surface area contributed by atoms with Crippen LogP contribution in [0.15, 0.2) is 24.3 Å². The summed E-state index contributed by atoms with van der Waals surface area (Å²) in [7, 11) is 1.37. The predicted octanol–water partition coefficient (Wildman–Crippen LogP) is 4.30. The Morgan fingerprint density at radius 1 is 1.14 bits per heavy atom. The highest BCUT2D eigenvalue weighted by Crippen LogP contribution is 2.29. The maximum absolute atomic E-state index is 12.3. The van der Waals surface area contributed by atoms with E-state index in [0.29, 0.717) is 18.5 Å². The number of benzene rings is 1. The van der Waals surface area contributed by atoms with Gasteiger partial charge in [0.05, 0.1) is 7.11 Å². The number of carbonyl (C=O) groups excluding carboxylic acids is 2. The monoisotopic (exact) mass is 411 g/mol.